The van der Waals surface area contributed by atoms with Crippen LogP contribution in [0.1, 0.15) is 67.7 Å². The Morgan fingerprint density at radius 3 is 2.33 bits per heavy atom. The summed E-state index contributed by atoms with van der Waals surface area (Å²) in [5.74, 6) is 0.196. The smallest absolute Gasteiger partial charge is 0.416 e. The van der Waals surface area contributed by atoms with E-state index in [-0.39, 0.29) is 47.6 Å². The maximum atomic E-state index is 13.6. The normalized spacial score (nSPS) is 17.2. The summed E-state index contributed by atoms with van der Waals surface area (Å²) in [6, 6.07) is 3.61. The van der Waals surface area contributed by atoms with Gasteiger partial charge in [0.25, 0.3) is 0 Å². The number of benzene rings is 1. The van der Waals surface area contributed by atoms with Crippen molar-refractivity contribution in [1.29, 1.82) is 0 Å². The number of carbonyl (C=O) groups is 1. The molecule has 3 heterocycles. The molecule has 3 aromatic rings. The molecule has 4 rings (SSSR count). The average molecular weight is 658 g/mol. The molecule has 0 saturated carbocycles. The van der Waals surface area contributed by atoms with E-state index in [1.165, 1.54) is 25.1 Å². The van der Waals surface area contributed by atoms with Crippen LogP contribution in [-0.4, -0.2) is 58.6 Å². The monoisotopic (exact) mass is 657 g/mol. The third-order valence-corrected chi connectivity index (χ3v) is 7.22. The number of halogens is 6. The van der Waals surface area contributed by atoms with Crippen molar-refractivity contribution < 1.29 is 50.5 Å². The molecule has 0 bridgehead atoms. The van der Waals surface area contributed by atoms with Crippen LogP contribution in [0.3, 0.4) is 0 Å². The standard InChI is InChI=1S/C30H33F6N5O5/c1-5-20-13-22(26-23(7-8-25(40-26)44-4)41(20)28(43)45-6-2)39-27-37-14-24(46-16(3)15-42)21(38-27)11-17-9-18(29(31,32)33)12-19(10-17)30(34,35)36/h7-10,12,14,16,20,22,42H,5-6,11,13,15H2,1-4H3,(H,37,38,39)/t16?,20-,22+/m1/s1. The number of amides is 1. The van der Waals surface area contributed by atoms with Gasteiger partial charge < -0.3 is 24.6 Å². The minimum Gasteiger partial charge on any atom is -0.485 e. The Morgan fingerprint density at radius 2 is 1.76 bits per heavy atom. The third kappa shape index (κ3) is 7.89. The second kappa shape index (κ2) is 14.0. The van der Waals surface area contributed by atoms with Crippen LogP contribution in [0.2, 0.25) is 0 Å². The Kier molecular flexibility index (Phi) is 10.5. The molecule has 250 valence electrons. The first kappa shape index (κ1) is 34.5. The summed E-state index contributed by atoms with van der Waals surface area (Å²) in [5, 5.41) is 12.6. The minimum atomic E-state index is -5.03. The zero-order valence-corrected chi connectivity index (χ0v) is 25.4. The molecule has 16 heteroatoms. The quantitative estimate of drug-likeness (QED) is 0.234. The van der Waals surface area contributed by atoms with E-state index in [1.54, 1.807) is 19.1 Å². The fourth-order valence-electron chi connectivity index (χ4n) is 5.05. The lowest BCUT2D eigenvalue weighted by molar-refractivity contribution is -0.143. The number of ether oxygens (including phenoxy) is 3. The molecule has 0 spiro atoms. The number of anilines is 2. The predicted molar refractivity (Wildman–Crippen MR) is 154 cm³/mol. The van der Waals surface area contributed by atoms with Gasteiger partial charge in [0.2, 0.25) is 11.8 Å². The number of methoxy groups -OCH3 is 1. The number of hydrogen-bond acceptors (Lipinski definition) is 9. The van der Waals surface area contributed by atoms with Gasteiger partial charge in [-0.05, 0) is 56.5 Å². The summed E-state index contributed by atoms with van der Waals surface area (Å²) < 4.78 is 97.5. The maximum absolute atomic E-state index is 13.6. The summed E-state index contributed by atoms with van der Waals surface area (Å²) >= 11 is 0. The highest BCUT2D eigenvalue weighted by molar-refractivity contribution is 5.90. The molecule has 1 aromatic carbocycles. The lowest BCUT2D eigenvalue weighted by Crippen LogP contribution is -2.46. The van der Waals surface area contributed by atoms with E-state index in [9.17, 15) is 36.2 Å². The molecule has 1 aliphatic rings. The lowest BCUT2D eigenvalue weighted by Gasteiger charge is -2.39. The molecule has 1 aliphatic heterocycles. The number of nitrogens with one attached hydrogen (secondary N) is 1. The van der Waals surface area contributed by atoms with Crippen LogP contribution >= 0.6 is 0 Å². The summed E-state index contributed by atoms with van der Waals surface area (Å²) in [5.41, 5.74) is -2.42. The van der Waals surface area contributed by atoms with Crippen LogP contribution in [-0.2, 0) is 23.5 Å². The number of rotatable bonds is 10. The van der Waals surface area contributed by atoms with Gasteiger partial charge in [-0.1, -0.05) is 6.92 Å². The summed E-state index contributed by atoms with van der Waals surface area (Å²) in [6.45, 7) is 4.82. The zero-order chi connectivity index (χ0) is 33.8. The van der Waals surface area contributed by atoms with Gasteiger partial charge in [-0.15, -0.1) is 0 Å². The first-order valence-corrected chi connectivity index (χ1v) is 14.4. The van der Waals surface area contributed by atoms with E-state index in [2.05, 4.69) is 20.3 Å². The van der Waals surface area contributed by atoms with Crippen LogP contribution in [0.15, 0.2) is 36.5 Å². The van der Waals surface area contributed by atoms with Crippen LogP contribution in [0.25, 0.3) is 0 Å². The Labute approximate surface area is 260 Å². The minimum absolute atomic E-state index is 0.0259. The van der Waals surface area contributed by atoms with Crippen LogP contribution in [0, 0.1) is 0 Å². The average Bonchev–Trinajstić information content (AvgIpc) is 3.00. The number of aromatic nitrogens is 3. The largest absolute Gasteiger partial charge is 0.485 e. The molecule has 0 aliphatic carbocycles. The first-order chi connectivity index (χ1) is 21.7. The molecule has 0 fully saturated rings. The molecule has 0 saturated heterocycles. The summed E-state index contributed by atoms with van der Waals surface area (Å²) in [4.78, 5) is 27.7. The number of nitrogens with zero attached hydrogens (tertiary/aromatic N) is 4. The molecule has 46 heavy (non-hydrogen) atoms. The highest BCUT2D eigenvalue weighted by Gasteiger charge is 2.39. The SMILES string of the molecule is CCOC(=O)N1c2ccc(OC)nc2[C@@H](Nc2ncc(OC(C)CO)c(Cc3cc(C(F)(F)F)cc(C(F)(F)F)c3)n2)C[C@H]1CC. The van der Waals surface area contributed by atoms with Crippen molar-refractivity contribution in [2.45, 2.75) is 70.6 Å². The van der Waals surface area contributed by atoms with Gasteiger partial charge in [0, 0.05) is 18.5 Å². The van der Waals surface area contributed by atoms with Crippen molar-refractivity contribution in [1.82, 2.24) is 15.0 Å². The van der Waals surface area contributed by atoms with Crippen molar-refractivity contribution in [3.8, 4) is 11.6 Å². The number of carbonyl (C=O) groups excluding carboxylic acids is 1. The van der Waals surface area contributed by atoms with Gasteiger partial charge in [-0.3, -0.25) is 4.90 Å². The second-order valence-electron chi connectivity index (χ2n) is 10.5. The van der Waals surface area contributed by atoms with Crippen molar-refractivity contribution in [2.24, 2.45) is 0 Å². The number of pyridine rings is 1. The number of fused-ring (bicyclic) bond motifs is 1. The van der Waals surface area contributed by atoms with Crippen LogP contribution in [0.5, 0.6) is 11.6 Å². The summed E-state index contributed by atoms with van der Waals surface area (Å²) in [7, 11) is 1.43. The van der Waals surface area contributed by atoms with Crippen LogP contribution < -0.4 is 19.7 Å². The molecule has 0 radical (unpaired) electrons. The van der Waals surface area contributed by atoms with E-state index in [1.807, 2.05) is 6.92 Å². The van der Waals surface area contributed by atoms with Crippen molar-refractivity contribution in [3.63, 3.8) is 0 Å². The zero-order valence-electron chi connectivity index (χ0n) is 25.4. The number of alkyl halides is 6. The van der Waals surface area contributed by atoms with E-state index >= 15 is 0 Å². The molecule has 10 nitrogen and oxygen atoms in total. The Morgan fingerprint density at radius 1 is 1.09 bits per heavy atom. The molecular formula is C30H33F6N5O5. The van der Waals surface area contributed by atoms with Gasteiger partial charge in [-0.25, -0.2) is 19.7 Å². The van der Waals surface area contributed by atoms with E-state index in [4.69, 9.17) is 14.2 Å². The van der Waals surface area contributed by atoms with Gasteiger partial charge in [0.1, 0.15) is 6.10 Å². The highest BCUT2D eigenvalue weighted by Crippen LogP contribution is 2.41. The van der Waals surface area contributed by atoms with Crippen molar-refractivity contribution >= 4 is 17.7 Å². The number of hydrogen-bond donors (Lipinski definition) is 2. The van der Waals surface area contributed by atoms with Crippen molar-refractivity contribution in [2.75, 3.05) is 30.5 Å². The second-order valence-corrected chi connectivity index (χ2v) is 10.5. The fourth-order valence-corrected chi connectivity index (χ4v) is 5.05. The first-order valence-electron chi connectivity index (χ1n) is 14.4. The van der Waals surface area contributed by atoms with Gasteiger partial charge >= 0.3 is 18.4 Å². The summed E-state index contributed by atoms with van der Waals surface area (Å²) in [6.07, 6.45) is -9.81. The molecule has 2 N–H and O–H groups in total. The Hall–Kier alpha value is -4.34. The third-order valence-electron chi connectivity index (χ3n) is 7.22. The van der Waals surface area contributed by atoms with Gasteiger partial charge in [0.05, 0.1) is 60.8 Å². The highest BCUT2D eigenvalue weighted by atomic mass is 19.4. The van der Waals surface area contributed by atoms with E-state index in [0.717, 1.165) is 0 Å². The van der Waals surface area contributed by atoms with E-state index < -0.39 is 54.7 Å². The molecular weight excluding hydrogens is 624 g/mol. The van der Waals surface area contributed by atoms with E-state index in [0.29, 0.717) is 36.4 Å². The predicted octanol–water partition coefficient (Wildman–Crippen LogP) is 6.57. The fraction of sp³-hybridized carbons (Fsp3) is 0.467. The lowest BCUT2D eigenvalue weighted by atomic mass is 9.93. The number of aliphatic hydroxyl groups excluding tert-OH is 1. The van der Waals surface area contributed by atoms with Crippen LogP contribution in [0.4, 0.5) is 42.8 Å². The number of aliphatic hydroxyl groups is 1. The van der Waals surface area contributed by atoms with Crippen molar-refractivity contribution in [3.05, 3.63) is 64.6 Å². The molecule has 1 amide bonds. The topological polar surface area (TPSA) is 119 Å². The van der Waals surface area contributed by atoms with Gasteiger partial charge in [0.15, 0.2) is 5.75 Å². The Balaban J connectivity index is 1.77. The van der Waals surface area contributed by atoms with Gasteiger partial charge in [-0.2, -0.15) is 26.3 Å². The maximum Gasteiger partial charge on any atom is 0.416 e. The molecule has 1 unspecified atom stereocenters. The Bertz CT molecular complexity index is 1500. The molecule has 2 aromatic heterocycles. The molecule has 3 atom stereocenters.